The van der Waals surface area contributed by atoms with Crippen molar-refractivity contribution in [1.29, 1.82) is 0 Å². The smallest absolute Gasteiger partial charge is 0.359 e. The Balaban J connectivity index is 1.99. The van der Waals surface area contributed by atoms with Crippen molar-refractivity contribution in [2.24, 2.45) is 5.10 Å². The molecule has 1 aromatic carbocycles. The lowest BCUT2D eigenvalue weighted by atomic mass is 10.1. The Bertz CT molecular complexity index is 819. The van der Waals surface area contributed by atoms with Crippen molar-refractivity contribution in [1.82, 2.24) is 10.2 Å². The first-order chi connectivity index (χ1) is 12.0. The molecule has 9 heteroatoms. The molecule has 0 saturated carbocycles. The quantitative estimate of drug-likeness (QED) is 0.480. The number of esters is 1. The number of hydrogen-bond donors (Lipinski definition) is 1. The van der Waals surface area contributed by atoms with Crippen molar-refractivity contribution >= 4 is 46.5 Å². The third-order valence-electron chi connectivity index (χ3n) is 3.45. The Morgan fingerprint density at radius 2 is 2.08 bits per heavy atom. The van der Waals surface area contributed by atoms with Gasteiger partial charge in [-0.1, -0.05) is 18.2 Å². The van der Waals surface area contributed by atoms with E-state index >= 15 is 0 Å². The molecule has 0 radical (unpaired) electrons. The van der Waals surface area contributed by atoms with Gasteiger partial charge in [0.1, 0.15) is 6.54 Å². The second-order valence-electron chi connectivity index (χ2n) is 5.15. The number of carbonyl (C=O) groups excluding carboxylic acids is 3. The van der Waals surface area contributed by atoms with E-state index in [1.165, 1.54) is 11.1 Å². The lowest BCUT2D eigenvalue weighted by molar-refractivity contribution is -0.135. The minimum Gasteiger partial charge on any atom is -0.461 e. The van der Waals surface area contributed by atoms with Crippen LogP contribution < -0.4 is 10.3 Å². The Morgan fingerprint density at radius 1 is 1.36 bits per heavy atom. The van der Waals surface area contributed by atoms with E-state index in [9.17, 15) is 14.4 Å². The molecule has 2 aliphatic heterocycles. The van der Waals surface area contributed by atoms with Crippen LogP contribution in [0.15, 0.2) is 47.2 Å². The van der Waals surface area contributed by atoms with Gasteiger partial charge in [0.2, 0.25) is 5.91 Å². The van der Waals surface area contributed by atoms with Crippen molar-refractivity contribution in [2.75, 3.05) is 18.2 Å². The first-order valence-corrected chi connectivity index (χ1v) is 7.90. The SMILES string of the molecule is CCOC(=O)C1=NN(c2ccccc2)C(=O)C1=CN1CC(=O)NC1=S. The second kappa shape index (κ2) is 6.81. The van der Waals surface area contributed by atoms with Gasteiger partial charge in [0.25, 0.3) is 5.91 Å². The zero-order valence-electron chi connectivity index (χ0n) is 13.3. The van der Waals surface area contributed by atoms with E-state index in [2.05, 4.69) is 10.4 Å². The minimum absolute atomic E-state index is 0.0150. The van der Waals surface area contributed by atoms with Crippen molar-refractivity contribution < 1.29 is 19.1 Å². The topological polar surface area (TPSA) is 91.3 Å². The van der Waals surface area contributed by atoms with Crippen LogP contribution >= 0.6 is 12.2 Å². The molecule has 1 fully saturated rings. The van der Waals surface area contributed by atoms with Gasteiger partial charge in [-0.3, -0.25) is 9.59 Å². The van der Waals surface area contributed by atoms with E-state index in [1.54, 1.807) is 37.3 Å². The number of para-hydroxylation sites is 1. The average Bonchev–Trinajstić information content (AvgIpc) is 3.09. The summed E-state index contributed by atoms with van der Waals surface area (Å²) in [4.78, 5) is 37.8. The molecule has 1 N–H and O–H groups in total. The largest absolute Gasteiger partial charge is 0.461 e. The predicted molar refractivity (Wildman–Crippen MR) is 93.5 cm³/mol. The minimum atomic E-state index is -0.718. The fourth-order valence-corrected chi connectivity index (χ4v) is 2.57. The molecule has 0 atom stereocenters. The number of carbonyl (C=O) groups is 3. The summed E-state index contributed by atoms with van der Waals surface area (Å²) in [5.74, 6) is -1.51. The number of nitrogens with one attached hydrogen (secondary N) is 1. The summed E-state index contributed by atoms with van der Waals surface area (Å²) < 4.78 is 4.98. The van der Waals surface area contributed by atoms with Gasteiger partial charge in [-0.05, 0) is 31.3 Å². The number of nitrogens with zero attached hydrogens (tertiary/aromatic N) is 3. The summed E-state index contributed by atoms with van der Waals surface area (Å²) in [5, 5.41) is 7.84. The molecule has 1 saturated heterocycles. The third kappa shape index (κ3) is 3.26. The molecule has 0 bridgehead atoms. The number of amides is 2. The van der Waals surface area contributed by atoms with Crippen LogP contribution in [0.5, 0.6) is 0 Å². The predicted octanol–water partition coefficient (Wildman–Crippen LogP) is 0.553. The van der Waals surface area contributed by atoms with E-state index in [-0.39, 0.29) is 35.5 Å². The molecule has 0 aromatic heterocycles. The van der Waals surface area contributed by atoms with Gasteiger partial charge in [-0.15, -0.1) is 0 Å². The Kier molecular flexibility index (Phi) is 4.57. The lowest BCUT2D eigenvalue weighted by Crippen LogP contribution is -2.28. The molecule has 0 spiro atoms. The van der Waals surface area contributed by atoms with Crippen molar-refractivity contribution in [2.45, 2.75) is 6.92 Å². The van der Waals surface area contributed by atoms with Crippen LogP contribution in [0.1, 0.15) is 6.92 Å². The van der Waals surface area contributed by atoms with Gasteiger partial charge in [0.15, 0.2) is 10.8 Å². The Morgan fingerprint density at radius 3 is 2.68 bits per heavy atom. The van der Waals surface area contributed by atoms with Gasteiger partial charge in [-0.2, -0.15) is 10.1 Å². The zero-order valence-corrected chi connectivity index (χ0v) is 14.1. The first-order valence-electron chi connectivity index (χ1n) is 7.49. The first kappa shape index (κ1) is 16.8. The normalized spacial score (nSPS) is 18.7. The third-order valence-corrected chi connectivity index (χ3v) is 3.79. The lowest BCUT2D eigenvalue weighted by Gasteiger charge is -2.13. The molecule has 1 aromatic rings. The number of rotatable bonds is 4. The van der Waals surface area contributed by atoms with Crippen molar-refractivity contribution in [3.05, 3.63) is 42.1 Å². The standard InChI is InChI=1S/C16H14N4O4S/c1-2-24-15(23)13-11(8-19-9-12(21)17-16(19)25)14(22)20(18-13)10-6-4-3-5-7-10/h3-8H,2,9H2,1H3,(H,17,21,25). The maximum atomic E-state index is 12.8. The molecule has 8 nitrogen and oxygen atoms in total. The van der Waals surface area contributed by atoms with E-state index < -0.39 is 11.9 Å². The zero-order chi connectivity index (χ0) is 18.0. The molecule has 2 aliphatic rings. The van der Waals surface area contributed by atoms with Gasteiger partial charge >= 0.3 is 5.97 Å². The average molecular weight is 358 g/mol. The van der Waals surface area contributed by atoms with Crippen LogP contribution in [0.3, 0.4) is 0 Å². The summed E-state index contributed by atoms with van der Waals surface area (Å²) in [7, 11) is 0. The molecular weight excluding hydrogens is 344 g/mol. The fourth-order valence-electron chi connectivity index (χ4n) is 2.34. The van der Waals surface area contributed by atoms with Crippen molar-refractivity contribution in [3.8, 4) is 0 Å². The molecule has 3 rings (SSSR count). The van der Waals surface area contributed by atoms with Gasteiger partial charge in [-0.25, -0.2) is 4.79 Å². The summed E-state index contributed by atoms with van der Waals surface area (Å²) in [6.45, 7) is 1.77. The summed E-state index contributed by atoms with van der Waals surface area (Å²) in [5.41, 5.74) is 0.398. The molecule has 2 heterocycles. The number of hydrogen-bond acceptors (Lipinski definition) is 6. The molecule has 128 valence electrons. The molecule has 25 heavy (non-hydrogen) atoms. The summed E-state index contributed by atoms with van der Waals surface area (Å²) >= 11 is 5.04. The van der Waals surface area contributed by atoms with Crippen LogP contribution in [0, 0.1) is 0 Å². The summed E-state index contributed by atoms with van der Waals surface area (Å²) in [6.07, 6.45) is 1.35. The van der Waals surface area contributed by atoms with E-state index in [1.807, 2.05) is 0 Å². The van der Waals surface area contributed by atoms with Gasteiger partial charge < -0.3 is 15.0 Å². The van der Waals surface area contributed by atoms with Crippen LogP contribution in [-0.4, -0.2) is 46.7 Å². The second-order valence-corrected chi connectivity index (χ2v) is 5.53. The number of thiocarbonyl (C=S) groups is 1. The maximum absolute atomic E-state index is 12.8. The van der Waals surface area contributed by atoms with E-state index in [0.29, 0.717) is 5.69 Å². The van der Waals surface area contributed by atoms with Crippen molar-refractivity contribution in [3.63, 3.8) is 0 Å². The highest BCUT2D eigenvalue weighted by molar-refractivity contribution is 7.80. The number of anilines is 1. The van der Waals surface area contributed by atoms with Crippen LogP contribution in [-0.2, 0) is 19.1 Å². The molecule has 0 aliphatic carbocycles. The number of ether oxygens (including phenoxy) is 1. The number of hydrazone groups is 1. The van der Waals surface area contributed by atoms with Crippen LogP contribution in [0.4, 0.5) is 5.69 Å². The molecule has 2 amide bonds. The van der Waals surface area contributed by atoms with E-state index in [4.69, 9.17) is 17.0 Å². The maximum Gasteiger partial charge on any atom is 0.359 e. The van der Waals surface area contributed by atoms with Gasteiger partial charge in [0.05, 0.1) is 17.9 Å². The van der Waals surface area contributed by atoms with E-state index in [0.717, 1.165) is 5.01 Å². The number of benzene rings is 1. The Labute approximate surface area is 148 Å². The fraction of sp³-hybridized carbons (Fsp3) is 0.188. The highest BCUT2D eigenvalue weighted by Gasteiger charge is 2.37. The van der Waals surface area contributed by atoms with Crippen LogP contribution in [0.25, 0.3) is 0 Å². The Hall–Kier alpha value is -3.07. The monoisotopic (exact) mass is 358 g/mol. The highest BCUT2D eigenvalue weighted by Crippen LogP contribution is 2.24. The molecular formula is C16H14N4O4S. The van der Waals surface area contributed by atoms with Gasteiger partial charge in [0, 0.05) is 6.20 Å². The van der Waals surface area contributed by atoms with Crippen LogP contribution in [0.2, 0.25) is 0 Å². The molecule has 0 unspecified atom stereocenters. The summed E-state index contributed by atoms with van der Waals surface area (Å²) in [6, 6.07) is 8.69. The highest BCUT2D eigenvalue weighted by atomic mass is 32.1.